The van der Waals surface area contributed by atoms with Gasteiger partial charge < -0.3 is 14.9 Å². The van der Waals surface area contributed by atoms with Crippen molar-refractivity contribution in [1.29, 1.82) is 0 Å². The van der Waals surface area contributed by atoms with Crippen LogP contribution in [0.3, 0.4) is 0 Å². The molecule has 1 saturated carbocycles. The molecule has 1 amide bonds. The van der Waals surface area contributed by atoms with Crippen LogP contribution in [0, 0.1) is 11.8 Å². The summed E-state index contributed by atoms with van der Waals surface area (Å²) >= 11 is 0. The summed E-state index contributed by atoms with van der Waals surface area (Å²) in [6.45, 7) is 5.64. The van der Waals surface area contributed by atoms with Crippen LogP contribution in [0.2, 0.25) is 0 Å². The number of nitrogens with zero attached hydrogens (tertiary/aromatic N) is 2. The summed E-state index contributed by atoms with van der Waals surface area (Å²) in [5.74, 6) is 1.81. The van der Waals surface area contributed by atoms with E-state index in [1.807, 2.05) is 12.1 Å². The first-order valence-electron chi connectivity index (χ1n) is 10.00. The molecule has 138 valence electrons. The molecule has 4 heteroatoms. The summed E-state index contributed by atoms with van der Waals surface area (Å²) in [5.41, 5.74) is 1.13. The normalized spacial score (nSPS) is 24.4. The number of hydrogen-bond acceptors (Lipinski definition) is 3. The Bertz CT molecular complexity index is 542. The van der Waals surface area contributed by atoms with Gasteiger partial charge >= 0.3 is 0 Å². The van der Waals surface area contributed by atoms with E-state index in [9.17, 15) is 9.90 Å². The lowest BCUT2D eigenvalue weighted by atomic mass is 9.79. The van der Waals surface area contributed by atoms with Gasteiger partial charge in [-0.3, -0.25) is 4.79 Å². The number of hydrogen-bond donors (Lipinski definition) is 1. The van der Waals surface area contributed by atoms with E-state index in [2.05, 4.69) is 16.7 Å². The molecule has 1 aromatic rings. The summed E-state index contributed by atoms with van der Waals surface area (Å²) in [6, 6.07) is 7.35. The van der Waals surface area contributed by atoms with E-state index >= 15 is 0 Å². The standard InChI is InChI=1S/C21H32N2O2/c1-2-3-4-17-5-7-18(8-6-17)21(25)23-15-13-22(14-16-23)19-9-11-20(24)12-10-19/h9-12,17-18,24H,2-8,13-16H2,1H3. The molecule has 2 fully saturated rings. The summed E-state index contributed by atoms with van der Waals surface area (Å²) in [7, 11) is 0. The van der Waals surface area contributed by atoms with Gasteiger partial charge in [0.05, 0.1) is 0 Å². The number of aromatic hydroxyl groups is 1. The van der Waals surface area contributed by atoms with Gasteiger partial charge in [0.2, 0.25) is 5.91 Å². The Hall–Kier alpha value is -1.71. The van der Waals surface area contributed by atoms with Gasteiger partial charge in [-0.2, -0.15) is 0 Å². The average molecular weight is 344 g/mol. The lowest BCUT2D eigenvalue weighted by Gasteiger charge is -2.39. The number of amides is 1. The summed E-state index contributed by atoms with van der Waals surface area (Å²) in [4.78, 5) is 17.2. The van der Waals surface area contributed by atoms with Crippen molar-refractivity contribution in [3.8, 4) is 5.75 Å². The minimum Gasteiger partial charge on any atom is -0.508 e. The molecule has 1 aliphatic carbocycles. The number of phenols is 1. The Labute approximate surface area is 151 Å². The quantitative estimate of drug-likeness (QED) is 0.877. The number of carbonyl (C=O) groups is 1. The smallest absolute Gasteiger partial charge is 0.225 e. The number of piperazine rings is 1. The van der Waals surface area contributed by atoms with Gasteiger partial charge in [-0.25, -0.2) is 0 Å². The molecule has 1 saturated heterocycles. The first-order valence-corrected chi connectivity index (χ1v) is 10.00. The molecule has 1 aliphatic heterocycles. The topological polar surface area (TPSA) is 43.8 Å². The summed E-state index contributed by atoms with van der Waals surface area (Å²) in [5, 5.41) is 9.41. The molecule has 1 aromatic carbocycles. The van der Waals surface area contributed by atoms with Crippen LogP contribution in [0.15, 0.2) is 24.3 Å². The summed E-state index contributed by atoms with van der Waals surface area (Å²) < 4.78 is 0. The van der Waals surface area contributed by atoms with Crippen LogP contribution < -0.4 is 4.90 Å². The molecule has 25 heavy (non-hydrogen) atoms. The van der Waals surface area contributed by atoms with Crippen molar-refractivity contribution >= 4 is 11.6 Å². The third-order valence-corrected chi connectivity index (χ3v) is 5.97. The van der Waals surface area contributed by atoms with Gasteiger partial charge in [0, 0.05) is 37.8 Å². The molecule has 2 aliphatic rings. The number of rotatable bonds is 5. The van der Waals surface area contributed by atoms with Gasteiger partial charge in [-0.1, -0.05) is 26.2 Å². The maximum absolute atomic E-state index is 12.8. The van der Waals surface area contributed by atoms with Crippen LogP contribution in [0.5, 0.6) is 5.75 Å². The zero-order valence-corrected chi connectivity index (χ0v) is 15.5. The third-order valence-electron chi connectivity index (χ3n) is 5.97. The third kappa shape index (κ3) is 4.68. The van der Waals surface area contributed by atoms with Crippen LogP contribution >= 0.6 is 0 Å². The molecule has 0 unspecified atom stereocenters. The monoisotopic (exact) mass is 344 g/mol. The van der Waals surface area contributed by atoms with Crippen molar-refractivity contribution in [2.24, 2.45) is 11.8 Å². The fraction of sp³-hybridized carbons (Fsp3) is 0.667. The fourth-order valence-corrected chi connectivity index (χ4v) is 4.30. The molecule has 4 nitrogen and oxygen atoms in total. The SMILES string of the molecule is CCCCC1CCC(C(=O)N2CCN(c3ccc(O)cc3)CC2)CC1. The second-order valence-corrected chi connectivity index (χ2v) is 7.69. The van der Waals surface area contributed by atoms with Crippen LogP contribution in [0.1, 0.15) is 51.9 Å². The summed E-state index contributed by atoms with van der Waals surface area (Å²) in [6.07, 6.45) is 8.62. The second kappa shape index (κ2) is 8.59. The number of unbranched alkanes of at least 4 members (excludes halogenated alkanes) is 1. The van der Waals surface area contributed by atoms with Gasteiger partial charge in [-0.05, 0) is 55.9 Å². The van der Waals surface area contributed by atoms with Gasteiger partial charge in [0.15, 0.2) is 0 Å². The number of anilines is 1. The Morgan fingerprint density at radius 2 is 1.68 bits per heavy atom. The van der Waals surface area contributed by atoms with Crippen molar-refractivity contribution in [1.82, 2.24) is 4.90 Å². The molecule has 0 spiro atoms. The lowest BCUT2D eigenvalue weighted by Crippen LogP contribution is -2.50. The zero-order valence-electron chi connectivity index (χ0n) is 15.5. The van der Waals surface area contributed by atoms with E-state index in [1.54, 1.807) is 12.1 Å². The Kier molecular flexibility index (Phi) is 6.22. The highest BCUT2D eigenvalue weighted by Gasteiger charge is 2.30. The average Bonchev–Trinajstić information content (AvgIpc) is 2.67. The first kappa shape index (κ1) is 18.1. The number of benzene rings is 1. The second-order valence-electron chi connectivity index (χ2n) is 7.69. The van der Waals surface area contributed by atoms with E-state index in [1.165, 1.54) is 32.1 Å². The van der Waals surface area contributed by atoms with Crippen LogP contribution in [-0.2, 0) is 4.79 Å². The lowest BCUT2D eigenvalue weighted by molar-refractivity contribution is -0.137. The van der Waals surface area contributed by atoms with Crippen LogP contribution in [-0.4, -0.2) is 42.1 Å². The highest BCUT2D eigenvalue weighted by molar-refractivity contribution is 5.79. The minimum absolute atomic E-state index is 0.262. The molecular formula is C21H32N2O2. The van der Waals surface area contributed by atoms with Gasteiger partial charge in [0.1, 0.15) is 5.75 Å². The fourth-order valence-electron chi connectivity index (χ4n) is 4.30. The maximum atomic E-state index is 12.8. The minimum atomic E-state index is 0.262. The molecule has 0 aromatic heterocycles. The molecule has 3 rings (SSSR count). The van der Waals surface area contributed by atoms with Crippen molar-refractivity contribution in [3.63, 3.8) is 0 Å². The molecule has 0 radical (unpaired) electrons. The Morgan fingerprint density at radius 3 is 2.28 bits per heavy atom. The highest BCUT2D eigenvalue weighted by atomic mass is 16.3. The van der Waals surface area contributed by atoms with Crippen molar-refractivity contribution in [2.45, 2.75) is 51.9 Å². The predicted octanol–water partition coefficient (Wildman–Crippen LogP) is 4.04. The molecule has 0 bridgehead atoms. The molecule has 1 heterocycles. The number of carbonyl (C=O) groups excluding carboxylic acids is 1. The van der Waals surface area contributed by atoms with Crippen LogP contribution in [0.4, 0.5) is 5.69 Å². The largest absolute Gasteiger partial charge is 0.508 e. The van der Waals surface area contributed by atoms with Gasteiger partial charge in [-0.15, -0.1) is 0 Å². The Morgan fingerprint density at radius 1 is 1.04 bits per heavy atom. The zero-order chi connectivity index (χ0) is 17.6. The molecular weight excluding hydrogens is 312 g/mol. The predicted molar refractivity (Wildman–Crippen MR) is 102 cm³/mol. The van der Waals surface area contributed by atoms with E-state index in [4.69, 9.17) is 0 Å². The maximum Gasteiger partial charge on any atom is 0.225 e. The molecule has 1 N–H and O–H groups in total. The van der Waals surface area contributed by atoms with E-state index < -0.39 is 0 Å². The van der Waals surface area contributed by atoms with Crippen molar-refractivity contribution < 1.29 is 9.90 Å². The molecule has 0 atom stereocenters. The van der Waals surface area contributed by atoms with Crippen LogP contribution in [0.25, 0.3) is 0 Å². The van der Waals surface area contributed by atoms with Crippen molar-refractivity contribution in [2.75, 3.05) is 31.1 Å². The van der Waals surface area contributed by atoms with E-state index in [0.29, 0.717) is 11.7 Å². The van der Waals surface area contributed by atoms with Gasteiger partial charge in [0.25, 0.3) is 0 Å². The van der Waals surface area contributed by atoms with Crippen molar-refractivity contribution in [3.05, 3.63) is 24.3 Å². The number of phenolic OH excluding ortho intramolecular Hbond substituents is 1. The van der Waals surface area contributed by atoms with E-state index in [0.717, 1.165) is 50.6 Å². The highest BCUT2D eigenvalue weighted by Crippen LogP contribution is 2.33. The Balaban J connectivity index is 1.45. The first-order chi connectivity index (χ1) is 12.2. The van der Waals surface area contributed by atoms with E-state index in [-0.39, 0.29) is 5.92 Å².